The van der Waals surface area contributed by atoms with Crippen LogP contribution in [0.3, 0.4) is 0 Å². The minimum atomic E-state index is 0.0532. The van der Waals surface area contributed by atoms with Crippen LogP contribution in [0.15, 0.2) is 176 Å². The van der Waals surface area contributed by atoms with Gasteiger partial charge < -0.3 is 0 Å². The molecule has 0 bridgehead atoms. The summed E-state index contributed by atoms with van der Waals surface area (Å²) in [4.78, 5) is 15.7. The predicted molar refractivity (Wildman–Crippen MR) is 214 cm³/mol. The fraction of sp³-hybridized carbons (Fsp3) is 0. The number of nitrogens with zero attached hydrogens (tertiary/aromatic N) is 3. The topological polar surface area (TPSA) is 38.7 Å². The first-order valence-corrected chi connectivity index (χ1v) is 18.8. The molecule has 2 aromatic heterocycles. The van der Waals surface area contributed by atoms with Gasteiger partial charge in [-0.25, -0.2) is 0 Å². The van der Waals surface area contributed by atoms with Gasteiger partial charge in [0.2, 0.25) is 0 Å². The number of benzene rings is 8. The van der Waals surface area contributed by atoms with E-state index in [1.165, 1.54) is 52.0 Å². The zero-order valence-electron chi connectivity index (χ0n) is 27.5. The zero-order valence-corrected chi connectivity index (χ0v) is 29.2. The van der Waals surface area contributed by atoms with E-state index in [1.54, 1.807) is 0 Å². The molecule has 238 valence electrons. The Hall–Kier alpha value is -6.19. The number of aromatic nitrogens is 3. The van der Waals surface area contributed by atoms with Gasteiger partial charge in [0.05, 0.1) is 0 Å². The maximum absolute atomic E-state index is 5.32. The SMILES string of the molecule is c1ccc(-c2cccc(-c3nc(-c4ccccc4)nc(-c4cc5ccc6ccccc6c5c5[se]c6c(-c7ccccc7)cccc6c45)n3)c2)cc1. The molecule has 10 aromatic rings. The molecule has 0 fully saturated rings. The van der Waals surface area contributed by atoms with Crippen molar-refractivity contribution in [1.82, 2.24) is 15.0 Å². The van der Waals surface area contributed by atoms with Crippen molar-refractivity contribution < 1.29 is 0 Å². The standard InChI is InChI=1S/C47H29N3Se/c1-4-14-30(15-5-1)34-21-12-22-36(28-34)46-48-45(33-19-8-3-9-20-33)49-47(50-46)40-29-35-27-26-32-18-10-11-23-37(32)41(35)44-42(40)39-25-13-24-38(43(39)51-44)31-16-6-2-7-17-31/h1-29H. The van der Waals surface area contributed by atoms with Crippen LogP contribution >= 0.6 is 0 Å². The van der Waals surface area contributed by atoms with Gasteiger partial charge in [-0.1, -0.05) is 6.07 Å². The molecular formula is C47H29N3Se. The van der Waals surface area contributed by atoms with E-state index < -0.39 is 0 Å². The van der Waals surface area contributed by atoms with Crippen LogP contribution in [0.2, 0.25) is 0 Å². The van der Waals surface area contributed by atoms with Crippen molar-refractivity contribution in [3.63, 3.8) is 0 Å². The first kappa shape index (κ1) is 29.7. The van der Waals surface area contributed by atoms with E-state index in [1.807, 2.05) is 24.3 Å². The van der Waals surface area contributed by atoms with E-state index in [9.17, 15) is 0 Å². The van der Waals surface area contributed by atoms with Crippen LogP contribution in [0.1, 0.15) is 0 Å². The molecule has 10 rings (SSSR count). The van der Waals surface area contributed by atoms with Crippen molar-refractivity contribution in [3.05, 3.63) is 176 Å². The summed E-state index contributed by atoms with van der Waals surface area (Å²) in [5.41, 5.74) is 7.77. The molecule has 0 spiro atoms. The van der Waals surface area contributed by atoms with Crippen LogP contribution < -0.4 is 0 Å². The van der Waals surface area contributed by atoms with Crippen molar-refractivity contribution in [2.75, 3.05) is 0 Å². The normalized spacial score (nSPS) is 11.5. The van der Waals surface area contributed by atoms with Crippen molar-refractivity contribution >= 4 is 55.3 Å². The van der Waals surface area contributed by atoms with Gasteiger partial charge in [0, 0.05) is 0 Å². The molecule has 0 aliphatic rings. The number of hydrogen-bond donors (Lipinski definition) is 0. The molecule has 0 N–H and O–H groups in total. The molecule has 0 aliphatic heterocycles. The van der Waals surface area contributed by atoms with Crippen LogP contribution in [-0.2, 0) is 0 Å². The Morgan fingerprint density at radius 3 is 1.67 bits per heavy atom. The molecular weight excluding hydrogens is 685 g/mol. The number of fused-ring (bicyclic) bond motifs is 7. The Morgan fingerprint density at radius 1 is 0.314 bits per heavy atom. The van der Waals surface area contributed by atoms with Crippen LogP contribution in [0.4, 0.5) is 0 Å². The molecule has 3 nitrogen and oxygen atoms in total. The van der Waals surface area contributed by atoms with Gasteiger partial charge in [-0.05, 0) is 0 Å². The van der Waals surface area contributed by atoms with Crippen molar-refractivity contribution in [3.8, 4) is 56.4 Å². The minimum absolute atomic E-state index is 0.0532. The first-order chi connectivity index (χ1) is 25.3. The monoisotopic (exact) mass is 715 g/mol. The molecule has 4 heteroatoms. The van der Waals surface area contributed by atoms with Crippen molar-refractivity contribution in [2.45, 2.75) is 0 Å². The molecule has 0 radical (unpaired) electrons. The van der Waals surface area contributed by atoms with Crippen molar-refractivity contribution in [2.24, 2.45) is 0 Å². The van der Waals surface area contributed by atoms with E-state index >= 15 is 0 Å². The Morgan fingerprint density at radius 2 is 0.882 bits per heavy atom. The third-order valence-corrected chi connectivity index (χ3v) is 12.3. The van der Waals surface area contributed by atoms with E-state index in [-0.39, 0.29) is 14.5 Å². The number of hydrogen-bond acceptors (Lipinski definition) is 3. The quantitative estimate of drug-likeness (QED) is 0.132. The van der Waals surface area contributed by atoms with Gasteiger partial charge in [-0.2, -0.15) is 0 Å². The second-order valence-electron chi connectivity index (χ2n) is 12.8. The third kappa shape index (κ3) is 5.16. The van der Waals surface area contributed by atoms with Gasteiger partial charge in [0.25, 0.3) is 0 Å². The van der Waals surface area contributed by atoms with Gasteiger partial charge in [-0.3, -0.25) is 0 Å². The summed E-state index contributed by atoms with van der Waals surface area (Å²) < 4.78 is 2.79. The second-order valence-corrected chi connectivity index (χ2v) is 14.9. The van der Waals surface area contributed by atoms with Gasteiger partial charge in [0.15, 0.2) is 0 Å². The zero-order chi connectivity index (χ0) is 33.7. The molecule has 51 heavy (non-hydrogen) atoms. The Kier molecular flexibility index (Phi) is 7.16. The van der Waals surface area contributed by atoms with Crippen LogP contribution in [-0.4, -0.2) is 29.5 Å². The summed E-state index contributed by atoms with van der Waals surface area (Å²) in [5.74, 6) is 2.00. The summed E-state index contributed by atoms with van der Waals surface area (Å²) >= 11 is 0.0532. The van der Waals surface area contributed by atoms with Gasteiger partial charge >= 0.3 is 297 Å². The molecule has 0 atom stereocenters. The Bertz CT molecular complexity index is 2900. The molecule has 8 aromatic carbocycles. The predicted octanol–water partition coefficient (Wildman–Crippen LogP) is 11.9. The Balaban J connectivity index is 1.30. The van der Waals surface area contributed by atoms with E-state index in [0.717, 1.165) is 27.8 Å². The van der Waals surface area contributed by atoms with E-state index in [4.69, 9.17) is 15.0 Å². The molecule has 0 saturated carbocycles. The summed E-state index contributed by atoms with van der Waals surface area (Å²) in [6.45, 7) is 0. The van der Waals surface area contributed by atoms with E-state index in [2.05, 4.69) is 152 Å². The van der Waals surface area contributed by atoms with Crippen molar-refractivity contribution in [1.29, 1.82) is 0 Å². The van der Waals surface area contributed by atoms with Crippen LogP contribution in [0, 0.1) is 0 Å². The fourth-order valence-corrected chi connectivity index (χ4v) is 10.3. The van der Waals surface area contributed by atoms with Gasteiger partial charge in [0.1, 0.15) is 0 Å². The molecule has 2 heterocycles. The molecule has 0 saturated heterocycles. The van der Waals surface area contributed by atoms with Crippen LogP contribution in [0.25, 0.3) is 97.3 Å². The van der Waals surface area contributed by atoms with E-state index in [0.29, 0.717) is 17.5 Å². The Labute approximate surface area is 301 Å². The average Bonchev–Trinajstić information content (AvgIpc) is 3.61. The first-order valence-electron chi connectivity index (χ1n) is 17.1. The average molecular weight is 715 g/mol. The summed E-state index contributed by atoms with van der Waals surface area (Å²) in [7, 11) is 0. The second kappa shape index (κ2) is 12.3. The fourth-order valence-electron chi connectivity index (χ4n) is 7.28. The number of rotatable bonds is 5. The third-order valence-electron chi connectivity index (χ3n) is 9.69. The maximum atomic E-state index is 5.32. The summed E-state index contributed by atoms with van der Waals surface area (Å²) in [5, 5.41) is 7.57. The molecule has 0 aliphatic carbocycles. The van der Waals surface area contributed by atoms with Crippen LogP contribution in [0.5, 0.6) is 0 Å². The molecule has 0 unspecified atom stereocenters. The summed E-state index contributed by atoms with van der Waals surface area (Å²) in [6, 6.07) is 62.4. The van der Waals surface area contributed by atoms with Gasteiger partial charge in [-0.15, -0.1) is 0 Å². The molecule has 0 amide bonds. The summed E-state index contributed by atoms with van der Waals surface area (Å²) in [6.07, 6.45) is 0.